The second kappa shape index (κ2) is 7.36. The molecule has 0 bridgehead atoms. The molecule has 1 aliphatic heterocycles. The summed E-state index contributed by atoms with van der Waals surface area (Å²) in [5, 5.41) is 3.04. The van der Waals surface area contributed by atoms with Gasteiger partial charge in [-0.15, -0.1) is 0 Å². The summed E-state index contributed by atoms with van der Waals surface area (Å²) >= 11 is 0. The standard InChI is InChI=1S/C19H23N3O2/c1-21-11-13-22(14-12-21)17-9-5-4-8-16(17)20-19(23)15-7-3-6-10-18(15)24-2/h3-10H,11-14H2,1-2H3,(H,20,23). The second-order valence-corrected chi connectivity index (χ2v) is 5.96. The van der Waals surface area contributed by atoms with Crippen LogP contribution in [-0.4, -0.2) is 51.1 Å². The minimum absolute atomic E-state index is 0.158. The highest BCUT2D eigenvalue weighted by Crippen LogP contribution is 2.28. The Kier molecular flexibility index (Phi) is 5.01. The van der Waals surface area contributed by atoms with Crippen molar-refractivity contribution < 1.29 is 9.53 Å². The van der Waals surface area contributed by atoms with Crippen molar-refractivity contribution >= 4 is 17.3 Å². The molecule has 1 aliphatic rings. The van der Waals surface area contributed by atoms with Crippen LogP contribution in [0.25, 0.3) is 0 Å². The number of nitrogens with one attached hydrogen (secondary N) is 1. The van der Waals surface area contributed by atoms with E-state index in [4.69, 9.17) is 4.74 Å². The predicted octanol–water partition coefficient (Wildman–Crippen LogP) is 2.70. The fourth-order valence-electron chi connectivity index (χ4n) is 2.92. The summed E-state index contributed by atoms with van der Waals surface area (Å²) in [6.45, 7) is 3.96. The minimum Gasteiger partial charge on any atom is -0.496 e. The lowest BCUT2D eigenvalue weighted by molar-refractivity contribution is 0.102. The van der Waals surface area contributed by atoms with Crippen LogP contribution >= 0.6 is 0 Å². The molecule has 1 N–H and O–H groups in total. The number of anilines is 2. The molecule has 0 radical (unpaired) electrons. The third-order valence-electron chi connectivity index (χ3n) is 4.35. The summed E-state index contributed by atoms with van der Waals surface area (Å²) in [6, 6.07) is 15.2. The Morgan fingerprint density at radius 1 is 1.00 bits per heavy atom. The summed E-state index contributed by atoms with van der Waals surface area (Å²) in [5.74, 6) is 0.418. The van der Waals surface area contributed by atoms with Gasteiger partial charge in [0.15, 0.2) is 0 Å². The van der Waals surface area contributed by atoms with Gasteiger partial charge in [0, 0.05) is 26.2 Å². The molecular weight excluding hydrogens is 302 g/mol. The zero-order valence-corrected chi connectivity index (χ0v) is 14.2. The molecule has 0 aromatic heterocycles. The summed E-state index contributed by atoms with van der Waals surface area (Å²) in [5.41, 5.74) is 2.43. The molecule has 1 fully saturated rings. The van der Waals surface area contributed by atoms with E-state index >= 15 is 0 Å². The van der Waals surface area contributed by atoms with E-state index in [2.05, 4.69) is 28.2 Å². The quantitative estimate of drug-likeness (QED) is 0.939. The lowest BCUT2D eigenvalue weighted by atomic mass is 10.1. The van der Waals surface area contributed by atoms with E-state index in [-0.39, 0.29) is 5.91 Å². The number of benzene rings is 2. The molecule has 1 heterocycles. The Morgan fingerprint density at radius 2 is 1.67 bits per heavy atom. The molecule has 3 rings (SSSR count). The van der Waals surface area contributed by atoms with Crippen LogP contribution in [0.1, 0.15) is 10.4 Å². The SMILES string of the molecule is COc1ccccc1C(=O)Nc1ccccc1N1CCN(C)CC1. The molecule has 0 aliphatic carbocycles. The number of methoxy groups -OCH3 is 1. The van der Waals surface area contributed by atoms with E-state index in [1.165, 1.54) is 0 Å². The van der Waals surface area contributed by atoms with E-state index in [0.29, 0.717) is 11.3 Å². The van der Waals surface area contributed by atoms with Gasteiger partial charge in [0.25, 0.3) is 5.91 Å². The van der Waals surface area contributed by atoms with E-state index in [1.54, 1.807) is 19.2 Å². The van der Waals surface area contributed by atoms with Crippen molar-refractivity contribution in [2.24, 2.45) is 0 Å². The van der Waals surface area contributed by atoms with E-state index in [9.17, 15) is 4.79 Å². The lowest BCUT2D eigenvalue weighted by Gasteiger charge is -2.35. The number of carbonyl (C=O) groups excluding carboxylic acids is 1. The van der Waals surface area contributed by atoms with Crippen LogP contribution in [0.4, 0.5) is 11.4 Å². The monoisotopic (exact) mass is 325 g/mol. The molecule has 5 nitrogen and oxygen atoms in total. The van der Waals surface area contributed by atoms with Gasteiger partial charge in [-0.05, 0) is 31.3 Å². The number of piperazine rings is 1. The Bertz CT molecular complexity index is 709. The Hall–Kier alpha value is -2.53. The first kappa shape index (κ1) is 16.3. The fourth-order valence-corrected chi connectivity index (χ4v) is 2.92. The van der Waals surface area contributed by atoms with Gasteiger partial charge in [-0.1, -0.05) is 24.3 Å². The smallest absolute Gasteiger partial charge is 0.259 e. The Morgan fingerprint density at radius 3 is 2.42 bits per heavy atom. The van der Waals surface area contributed by atoms with Crippen molar-refractivity contribution in [3.05, 3.63) is 54.1 Å². The molecule has 0 unspecified atom stereocenters. The summed E-state index contributed by atoms with van der Waals surface area (Å²) in [7, 11) is 3.71. The third-order valence-corrected chi connectivity index (χ3v) is 4.35. The van der Waals surface area contributed by atoms with Crippen molar-refractivity contribution in [2.45, 2.75) is 0 Å². The summed E-state index contributed by atoms with van der Waals surface area (Å²) in [6.07, 6.45) is 0. The van der Waals surface area contributed by atoms with Crippen LogP contribution in [0.3, 0.4) is 0 Å². The minimum atomic E-state index is -0.158. The van der Waals surface area contributed by atoms with Gasteiger partial charge in [0.05, 0.1) is 24.0 Å². The highest BCUT2D eigenvalue weighted by atomic mass is 16.5. The highest BCUT2D eigenvalue weighted by molar-refractivity contribution is 6.07. The zero-order chi connectivity index (χ0) is 16.9. The Labute approximate surface area is 142 Å². The maximum absolute atomic E-state index is 12.7. The first-order chi connectivity index (χ1) is 11.7. The maximum atomic E-state index is 12.7. The van der Waals surface area contributed by atoms with Crippen molar-refractivity contribution in [1.29, 1.82) is 0 Å². The van der Waals surface area contributed by atoms with Gasteiger partial charge >= 0.3 is 0 Å². The molecule has 1 saturated heterocycles. The maximum Gasteiger partial charge on any atom is 0.259 e. The number of nitrogens with zero attached hydrogens (tertiary/aromatic N) is 2. The van der Waals surface area contributed by atoms with Crippen LogP contribution in [0.5, 0.6) is 5.75 Å². The summed E-state index contributed by atoms with van der Waals surface area (Å²) in [4.78, 5) is 17.3. The van der Waals surface area contributed by atoms with Crippen LogP contribution in [0.2, 0.25) is 0 Å². The molecule has 126 valence electrons. The van der Waals surface area contributed by atoms with Gasteiger partial charge in [0.2, 0.25) is 0 Å². The van der Waals surface area contributed by atoms with Crippen LogP contribution in [0, 0.1) is 0 Å². The lowest BCUT2D eigenvalue weighted by Crippen LogP contribution is -2.44. The molecule has 24 heavy (non-hydrogen) atoms. The van der Waals surface area contributed by atoms with Gasteiger partial charge < -0.3 is 19.9 Å². The number of para-hydroxylation sites is 3. The molecule has 0 atom stereocenters. The molecule has 0 spiro atoms. The normalized spacial score (nSPS) is 15.2. The average molecular weight is 325 g/mol. The second-order valence-electron chi connectivity index (χ2n) is 5.96. The molecule has 5 heteroatoms. The van der Waals surface area contributed by atoms with E-state index < -0.39 is 0 Å². The van der Waals surface area contributed by atoms with Crippen molar-refractivity contribution in [1.82, 2.24) is 4.90 Å². The van der Waals surface area contributed by atoms with Crippen LogP contribution in [-0.2, 0) is 0 Å². The number of hydrogen-bond donors (Lipinski definition) is 1. The zero-order valence-electron chi connectivity index (χ0n) is 14.2. The van der Waals surface area contributed by atoms with Gasteiger partial charge in [-0.25, -0.2) is 0 Å². The van der Waals surface area contributed by atoms with Crippen molar-refractivity contribution in [3.8, 4) is 5.75 Å². The van der Waals surface area contributed by atoms with Crippen molar-refractivity contribution in [3.63, 3.8) is 0 Å². The van der Waals surface area contributed by atoms with Crippen molar-refractivity contribution in [2.75, 3.05) is 50.6 Å². The average Bonchev–Trinajstić information content (AvgIpc) is 2.63. The predicted molar refractivity (Wildman–Crippen MR) is 97.1 cm³/mol. The molecule has 2 aromatic rings. The van der Waals surface area contributed by atoms with E-state index in [1.807, 2.05) is 30.3 Å². The van der Waals surface area contributed by atoms with E-state index in [0.717, 1.165) is 37.6 Å². The van der Waals surface area contributed by atoms with Gasteiger partial charge in [0.1, 0.15) is 5.75 Å². The van der Waals surface area contributed by atoms with Crippen LogP contribution in [0.15, 0.2) is 48.5 Å². The Balaban J connectivity index is 1.81. The molecule has 1 amide bonds. The fraction of sp³-hybridized carbons (Fsp3) is 0.316. The van der Waals surface area contributed by atoms with Crippen LogP contribution < -0.4 is 15.0 Å². The number of carbonyl (C=O) groups is 1. The molecular formula is C19H23N3O2. The number of rotatable bonds is 4. The van der Waals surface area contributed by atoms with Gasteiger partial charge in [-0.2, -0.15) is 0 Å². The topological polar surface area (TPSA) is 44.8 Å². The van der Waals surface area contributed by atoms with Gasteiger partial charge in [-0.3, -0.25) is 4.79 Å². The summed E-state index contributed by atoms with van der Waals surface area (Å²) < 4.78 is 5.29. The molecule has 2 aromatic carbocycles. The first-order valence-corrected chi connectivity index (χ1v) is 8.16. The first-order valence-electron chi connectivity index (χ1n) is 8.16. The highest BCUT2D eigenvalue weighted by Gasteiger charge is 2.19. The number of amides is 1. The number of ether oxygens (including phenoxy) is 1. The third kappa shape index (κ3) is 3.51. The number of hydrogen-bond acceptors (Lipinski definition) is 4. The number of likely N-dealkylation sites (N-methyl/N-ethyl adjacent to an activating group) is 1. The molecule has 0 saturated carbocycles. The largest absolute Gasteiger partial charge is 0.496 e.